The molecule has 1 aliphatic carbocycles. The van der Waals surface area contributed by atoms with Crippen LogP contribution in [0.2, 0.25) is 0 Å². The highest BCUT2D eigenvalue weighted by atomic mass is 16.5. The SMILES string of the molecule is c1ccc(COCC2CCCC(OCc3ccccc3)C2)cc1. The van der Waals surface area contributed by atoms with Crippen LogP contribution < -0.4 is 0 Å². The first kappa shape index (κ1) is 16.2. The molecule has 2 nitrogen and oxygen atoms in total. The predicted octanol–water partition coefficient (Wildman–Crippen LogP) is 4.98. The van der Waals surface area contributed by atoms with Crippen LogP contribution in [0.15, 0.2) is 60.7 Å². The second kappa shape index (κ2) is 8.85. The fourth-order valence-electron chi connectivity index (χ4n) is 3.25. The van der Waals surface area contributed by atoms with Gasteiger partial charge < -0.3 is 9.47 Å². The van der Waals surface area contributed by atoms with E-state index in [4.69, 9.17) is 9.47 Å². The monoisotopic (exact) mass is 310 g/mol. The zero-order valence-corrected chi connectivity index (χ0v) is 13.7. The standard InChI is InChI=1S/C21H26O2/c1-3-8-18(9-4-1)15-22-16-20-12-7-13-21(14-20)23-17-19-10-5-2-6-11-19/h1-6,8-11,20-21H,7,12-17H2. The quantitative estimate of drug-likeness (QED) is 0.718. The molecule has 2 unspecified atom stereocenters. The summed E-state index contributed by atoms with van der Waals surface area (Å²) in [6, 6.07) is 20.8. The van der Waals surface area contributed by atoms with Crippen LogP contribution in [-0.4, -0.2) is 12.7 Å². The van der Waals surface area contributed by atoms with Crippen molar-refractivity contribution in [2.24, 2.45) is 5.92 Å². The first-order valence-corrected chi connectivity index (χ1v) is 8.67. The van der Waals surface area contributed by atoms with Gasteiger partial charge in [0.15, 0.2) is 0 Å². The maximum atomic E-state index is 6.11. The normalized spacial score (nSPS) is 21.2. The van der Waals surface area contributed by atoms with Gasteiger partial charge in [-0.1, -0.05) is 67.1 Å². The van der Waals surface area contributed by atoms with Gasteiger partial charge in [-0.2, -0.15) is 0 Å². The molecule has 122 valence electrons. The van der Waals surface area contributed by atoms with Gasteiger partial charge in [-0.05, 0) is 36.3 Å². The third-order valence-corrected chi connectivity index (χ3v) is 4.53. The molecule has 0 heterocycles. The van der Waals surface area contributed by atoms with Gasteiger partial charge in [0.05, 0.1) is 19.3 Å². The number of ether oxygens (including phenoxy) is 2. The summed E-state index contributed by atoms with van der Waals surface area (Å²) in [5, 5.41) is 0. The summed E-state index contributed by atoms with van der Waals surface area (Å²) in [7, 11) is 0. The summed E-state index contributed by atoms with van der Waals surface area (Å²) in [5.41, 5.74) is 2.51. The van der Waals surface area contributed by atoms with Crippen molar-refractivity contribution in [2.45, 2.75) is 45.0 Å². The first-order valence-electron chi connectivity index (χ1n) is 8.67. The highest BCUT2D eigenvalue weighted by molar-refractivity contribution is 5.14. The summed E-state index contributed by atoms with van der Waals surface area (Å²) in [6.45, 7) is 2.29. The molecule has 0 bridgehead atoms. The van der Waals surface area contributed by atoms with Crippen LogP contribution in [-0.2, 0) is 22.7 Å². The molecular formula is C21H26O2. The average Bonchev–Trinajstić information content (AvgIpc) is 2.62. The minimum absolute atomic E-state index is 0.384. The van der Waals surface area contributed by atoms with E-state index >= 15 is 0 Å². The van der Waals surface area contributed by atoms with Crippen LogP contribution in [0.4, 0.5) is 0 Å². The molecule has 23 heavy (non-hydrogen) atoms. The molecule has 3 rings (SSSR count). The lowest BCUT2D eigenvalue weighted by molar-refractivity contribution is -0.0176. The minimum Gasteiger partial charge on any atom is -0.376 e. The van der Waals surface area contributed by atoms with E-state index in [0.29, 0.717) is 18.6 Å². The van der Waals surface area contributed by atoms with Crippen LogP contribution >= 0.6 is 0 Å². The Kier molecular flexibility index (Phi) is 6.25. The summed E-state index contributed by atoms with van der Waals surface area (Å²) >= 11 is 0. The first-order chi connectivity index (χ1) is 11.4. The highest BCUT2D eigenvalue weighted by Crippen LogP contribution is 2.27. The fourth-order valence-corrected chi connectivity index (χ4v) is 3.25. The number of rotatable bonds is 7. The second-order valence-corrected chi connectivity index (χ2v) is 6.45. The molecule has 0 aliphatic heterocycles. The Morgan fingerprint density at radius 3 is 2.13 bits per heavy atom. The molecule has 0 N–H and O–H groups in total. The van der Waals surface area contributed by atoms with E-state index < -0.39 is 0 Å². The van der Waals surface area contributed by atoms with Crippen LogP contribution in [0.25, 0.3) is 0 Å². The van der Waals surface area contributed by atoms with Crippen molar-refractivity contribution in [1.29, 1.82) is 0 Å². The summed E-state index contributed by atoms with van der Waals surface area (Å²) in [4.78, 5) is 0. The molecule has 0 aromatic heterocycles. The van der Waals surface area contributed by atoms with E-state index in [1.54, 1.807) is 0 Å². The summed E-state index contributed by atoms with van der Waals surface area (Å²) in [5.74, 6) is 0.633. The van der Waals surface area contributed by atoms with Crippen LogP contribution in [0, 0.1) is 5.92 Å². The zero-order chi connectivity index (χ0) is 15.7. The van der Waals surface area contributed by atoms with Crippen molar-refractivity contribution < 1.29 is 9.47 Å². The average molecular weight is 310 g/mol. The molecule has 1 saturated carbocycles. The third-order valence-electron chi connectivity index (χ3n) is 4.53. The molecule has 0 saturated heterocycles. The topological polar surface area (TPSA) is 18.5 Å². The summed E-state index contributed by atoms with van der Waals surface area (Å²) in [6.07, 6.45) is 5.21. The van der Waals surface area contributed by atoms with Gasteiger partial charge in [0.1, 0.15) is 0 Å². The predicted molar refractivity (Wildman–Crippen MR) is 93.1 cm³/mol. The number of hydrogen-bond donors (Lipinski definition) is 0. The van der Waals surface area contributed by atoms with Gasteiger partial charge in [-0.25, -0.2) is 0 Å². The lowest BCUT2D eigenvalue weighted by Gasteiger charge is -2.29. The summed E-state index contributed by atoms with van der Waals surface area (Å²) < 4.78 is 12.0. The largest absolute Gasteiger partial charge is 0.376 e. The van der Waals surface area contributed by atoms with Gasteiger partial charge in [0, 0.05) is 6.61 Å². The molecular weight excluding hydrogens is 284 g/mol. The molecule has 1 aliphatic rings. The molecule has 0 spiro atoms. The van der Waals surface area contributed by atoms with Crippen molar-refractivity contribution in [2.75, 3.05) is 6.61 Å². The number of hydrogen-bond acceptors (Lipinski definition) is 2. The van der Waals surface area contributed by atoms with Crippen molar-refractivity contribution in [3.63, 3.8) is 0 Å². The van der Waals surface area contributed by atoms with Crippen LogP contribution in [0.1, 0.15) is 36.8 Å². The molecule has 2 aromatic carbocycles. The number of benzene rings is 2. The van der Waals surface area contributed by atoms with E-state index in [2.05, 4.69) is 48.5 Å². The molecule has 0 amide bonds. The van der Waals surface area contributed by atoms with Gasteiger partial charge >= 0.3 is 0 Å². The highest BCUT2D eigenvalue weighted by Gasteiger charge is 2.22. The zero-order valence-electron chi connectivity index (χ0n) is 13.7. The molecule has 2 aromatic rings. The fraction of sp³-hybridized carbons (Fsp3) is 0.429. The molecule has 2 atom stereocenters. The van der Waals surface area contributed by atoms with E-state index in [-0.39, 0.29) is 0 Å². The Morgan fingerprint density at radius 2 is 1.43 bits per heavy atom. The Morgan fingerprint density at radius 1 is 0.783 bits per heavy atom. The Labute approximate surface area is 139 Å². The van der Waals surface area contributed by atoms with E-state index in [1.165, 1.54) is 30.4 Å². The van der Waals surface area contributed by atoms with Crippen LogP contribution in [0.3, 0.4) is 0 Å². The van der Waals surface area contributed by atoms with Crippen molar-refractivity contribution in [3.05, 3.63) is 71.8 Å². The lowest BCUT2D eigenvalue weighted by atomic mass is 9.88. The molecule has 0 radical (unpaired) electrons. The van der Waals surface area contributed by atoms with Crippen molar-refractivity contribution >= 4 is 0 Å². The van der Waals surface area contributed by atoms with Crippen molar-refractivity contribution in [3.8, 4) is 0 Å². The second-order valence-electron chi connectivity index (χ2n) is 6.45. The lowest BCUT2D eigenvalue weighted by Crippen LogP contribution is -2.25. The maximum Gasteiger partial charge on any atom is 0.0720 e. The molecule has 1 fully saturated rings. The van der Waals surface area contributed by atoms with E-state index in [0.717, 1.165) is 19.6 Å². The van der Waals surface area contributed by atoms with Gasteiger partial charge in [0.25, 0.3) is 0 Å². The van der Waals surface area contributed by atoms with E-state index in [1.807, 2.05) is 12.1 Å². The maximum absolute atomic E-state index is 6.11. The smallest absolute Gasteiger partial charge is 0.0720 e. The van der Waals surface area contributed by atoms with Crippen LogP contribution in [0.5, 0.6) is 0 Å². The Hall–Kier alpha value is -1.64. The third kappa shape index (κ3) is 5.49. The Balaban J connectivity index is 1.38. The van der Waals surface area contributed by atoms with Gasteiger partial charge in [0.2, 0.25) is 0 Å². The van der Waals surface area contributed by atoms with Gasteiger partial charge in [-0.3, -0.25) is 0 Å². The Bertz CT molecular complexity index is 553. The molecule has 2 heteroatoms. The van der Waals surface area contributed by atoms with Crippen molar-refractivity contribution in [1.82, 2.24) is 0 Å². The van der Waals surface area contributed by atoms with Gasteiger partial charge in [-0.15, -0.1) is 0 Å². The van der Waals surface area contributed by atoms with E-state index in [9.17, 15) is 0 Å². The minimum atomic E-state index is 0.384.